The van der Waals surface area contributed by atoms with E-state index in [0.29, 0.717) is 48.0 Å². The standard InChI is InChI=1S/C97H156N30O23/c1-61-86(139)115-70(32-23-42-107-96(99)100)90(143)118-73(51-63-54-109-67-29-17-16-28-66(63)67)92(145)120-75(53-80(130)104-41-22-31-69(113-62(2)128)88(141)119-74(91(144)112-61)52-65-55-103-60-111-65)94(147)127-47-26-35-77(127)95(148)126-46-25-34-76(126)93(146)117-71(33-24-43-108-97(101)102)89(142)116-72(38-39-82(132)133)87(140)114-64(27-19-21-45-125(57-83(134)135)58-84(136)137)56-110-68(85(98)138)30-18-20-40-105-81(131)59-150-50-49-149-48-44-106-79(129)37-15-13-11-9-7-5-3-4-6-8-10-12-14-36-78-121-123-124-122-78/h16-17,28-29,54-55,60-61,64,68-77,109-110H,3-15,18-27,30-53,56-59H2,1-2H3,(H2,98,138)(H,103,111)(H,104,130)(H,105,131)(H,106,129)(H,112,144)(H,113,128)(H,114,140)(H,115,139)(H,116,142)(H,117,146)(H,118,143)(H,119,141)(H,120,145)(H,132,133)(H,134,135)(H,136,137)(H4,99,100,107)(H4,101,102,108)(H,121,122,123,124)/t61?,64-,68-,69-,70-,71-,72-,73-,74-,75-,76-,77-/m0/s1. The number of fused-ring (bicyclic) bond motifs is 1. The van der Waals surface area contributed by atoms with Crippen LogP contribution in [0.4, 0.5) is 0 Å². The van der Waals surface area contributed by atoms with Gasteiger partial charge in [-0.3, -0.25) is 102 Å². The molecule has 0 bridgehead atoms. The lowest BCUT2D eigenvalue weighted by Gasteiger charge is -2.33. The number of ether oxygens (including phenoxy) is 2. The number of carboxylic acid groups (broad SMARTS) is 3. The van der Waals surface area contributed by atoms with Gasteiger partial charge in [0.1, 0.15) is 72.8 Å². The maximum absolute atomic E-state index is 15.7. The zero-order chi connectivity index (χ0) is 109. The zero-order valence-corrected chi connectivity index (χ0v) is 85.9. The number of carbonyl (C=O) groups is 18. The minimum Gasteiger partial charge on any atom is -0.481 e. The van der Waals surface area contributed by atoms with E-state index in [1.54, 1.807) is 30.5 Å². The van der Waals surface area contributed by atoms with Gasteiger partial charge in [-0.25, -0.2) is 10.1 Å². The summed E-state index contributed by atoms with van der Waals surface area (Å²) >= 11 is 0. The van der Waals surface area contributed by atoms with Crippen LogP contribution in [0.15, 0.2) is 43.0 Å². The van der Waals surface area contributed by atoms with Crippen LogP contribution in [-0.2, 0) is 115 Å². The minimum absolute atomic E-state index is 0.000290. The van der Waals surface area contributed by atoms with Gasteiger partial charge in [0.15, 0.2) is 11.9 Å². The Morgan fingerprint density at radius 3 is 1.82 bits per heavy atom. The van der Waals surface area contributed by atoms with Crippen molar-refractivity contribution in [3.05, 3.63) is 60.1 Å². The fourth-order valence-corrected chi connectivity index (χ4v) is 18.0. The summed E-state index contributed by atoms with van der Waals surface area (Å²) < 4.78 is 11.0. The lowest BCUT2D eigenvalue weighted by atomic mass is 10.0. The highest BCUT2D eigenvalue weighted by atomic mass is 16.5. The van der Waals surface area contributed by atoms with Crippen LogP contribution in [-0.4, -0.2) is 355 Å². The highest BCUT2D eigenvalue weighted by Crippen LogP contribution is 2.28. The molecular formula is C97H156N30O23. The Balaban J connectivity index is 0.996. The third-order valence-electron chi connectivity index (χ3n) is 25.9. The smallest absolute Gasteiger partial charge is 0.317 e. The number of aliphatic carboxylic acids is 3. The van der Waals surface area contributed by atoms with Gasteiger partial charge in [0.25, 0.3) is 0 Å². The number of likely N-dealkylation sites (tertiary alicyclic amines) is 2. The molecule has 150 heavy (non-hydrogen) atoms. The molecule has 3 aromatic heterocycles. The van der Waals surface area contributed by atoms with E-state index in [4.69, 9.17) is 37.5 Å². The fourth-order valence-electron chi connectivity index (χ4n) is 18.0. The number of primary amides is 1. The van der Waals surface area contributed by atoms with Crippen LogP contribution in [0.1, 0.15) is 243 Å². The number of hydrogen-bond donors (Lipinski definition) is 26. The van der Waals surface area contributed by atoms with Crippen LogP contribution in [0.5, 0.6) is 0 Å². The number of rotatable bonds is 66. The summed E-state index contributed by atoms with van der Waals surface area (Å²) in [6.07, 6.45) is 19.4. The lowest BCUT2D eigenvalue weighted by molar-refractivity contribution is -0.148. The van der Waals surface area contributed by atoms with Crippen LogP contribution in [0, 0.1) is 10.8 Å². The van der Waals surface area contributed by atoms with Gasteiger partial charge >= 0.3 is 17.9 Å². The van der Waals surface area contributed by atoms with Crippen molar-refractivity contribution < 1.29 is 111 Å². The van der Waals surface area contributed by atoms with Crippen molar-refractivity contribution in [1.29, 1.82) is 10.8 Å². The average molecular weight is 2110 g/mol. The Morgan fingerprint density at radius 1 is 0.560 bits per heavy atom. The second kappa shape index (κ2) is 68.5. The van der Waals surface area contributed by atoms with E-state index in [-0.39, 0.29) is 187 Å². The van der Waals surface area contributed by atoms with Gasteiger partial charge in [-0.2, -0.15) is 0 Å². The van der Waals surface area contributed by atoms with E-state index >= 15 is 19.2 Å². The molecule has 29 N–H and O–H groups in total. The number of amides is 15. The van der Waals surface area contributed by atoms with Gasteiger partial charge in [-0.05, 0) is 151 Å². The first-order valence-corrected chi connectivity index (χ1v) is 52.1. The number of guanidine groups is 2. The van der Waals surface area contributed by atoms with Crippen molar-refractivity contribution in [3.63, 3.8) is 0 Å². The normalized spacial score (nSPS) is 18.9. The van der Waals surface area contributed by atoms with Crippen molar-refractivity contribution in [3.8, 4) is 0 Å². The molecule has 6 heterocycles. The third-order valence-corrected chi connectivity index (χ3v) is 25.9. The molecule has 3 aliphatic rings. The molecule has 12 atom stereocenters. The van der Waals surface area contributed by atoms with Crippen molar-refractivity contribution >= 4 is 129 Å². The van der Waals surface area contributed by atoms with Gasteiger partial charge in [0.05, 0.1) is 57.4 Å². The molecule has 53 heteroatoms. The second-order valence-electron chi connectivity index (χ2n) is 38.0. The molecule has 0 radical (unpaired) electrons. The molecule has 7 rings (SSSR count). The van der Waals surface area contributed by atoms with Crippen LogP contribution in [0.25, 0.3) is 10.9 Å². The van der Waals surface area contributed by atoms with Gasteiger partial charge in [-0.15, -0.1) is 5.10 Å². The number of nitrogens with one attached hydrogen (secondary N) is 20. The Labute approximate surface area is 870 Å². The Hall–Kier alpha value is -14.1. The van der Waals surface area contributed by atoms with Gasteiger partial charge in [0.2, 0.25) is 88.6 Å². The summed E-state index contributed by atoms with van der Waals surface area (Å²) in [7, 11) is 0. The number of aromatic amines is 3. The molecule has 0 saturated carbocycles. The van der Waals surface area contributed by atoms with Crippen LogP contribution >= 0.6 is 0 Å². The number of unbranched alkanes of at least 4 members (excludes halogenated alkanes) is 14. The quantitative estimate of drug-likeness (QED) is 0.0123. The molecule has 1 aromatic carbocycles. The van der Waals surface area contributed by atoms with E-state index < -0.39 is 217 Å². The maximum Gasteiger partial charge on any atom is 0.317 e. The monoisotopic (exact) mass is 2110 g/mol. The molecule has 832 valence electrons. The molecule has 1 unspecified atom stereocenters. The summed E-state index contributed by atoms with van der Waals surface area (Å²) in [5.41, 5.74) is 18.5. The number of carbonyl (C=O) groups excluding carboxylic acids is 15. The van der Waals surface area contributed by atoms with Gasteiger partial charge in [0, 0.05) is 121 Å². The molecular weight excluding hydrogens is 1950 g/mol. The summed E-state index contributed by atoms with van der Waals surface area (Å²) in [6, 6.07) is -10.0. The molecule has 15 amide bonds. The second-order valence-corrected chi connectivity index (χ2v) is 38.0. The fraction of sp³-hybridized carbons (Fsp3) is 0.670. The van der Waals surface area contributed by atoms with E-state index in [2.05, 4.69) is 115 Å². The number of aromatic nitrogens is 7. The molecule has 0 aliphatic carbocycles. The number of nitrogens with two attached hydrogens (primary N) is 3. The summed E-state index contributed by atoms with van der Waals surface area (Å²) in [5.74, 6) is -15.8. The van der Waals surface area contributed by atoms with E-state index in [0.717, 1.165) is 56.2 Å². The first kappa shape index (κ1) is 123. The van der Waals surface area contributed by atoms with Crippen molar-refractivity contribution in [2.24, 2.45) is 17.2 Å². The number of aryl methyl sites for hydroxylation is 1. The molecule has 53 nitrogen and oxygen atoms in total. The number of hydrogen-bond acceptors (Lipinski definition) is 28. The predicted molar refractivity (Wildman–Crippen MR) is 545 cm³/mol. The van der Waals surface area contributed by atoms with Crippen LogP contribution in [0.3, 0.4) is 0 Å². The number of tetrazole rings is 1. The van der Waals surface area contributed by atoms with Crippen molar-refractivity contribution in [2.75, 3.05) is 98.4 Å². The number of para-hydroxylation sites is 1. The highest BCUT2D eigenvalue weighted by Gasteiger charge is 2.46. The van der Waals surface area contributed by atoms with E-state index in [9.17, 15) is 82.4 Å². The largest absolute Gasteiger partial charge is 0.481 e. The van der Waals surface area contributed by atoms with Crippen LogP contribution < -0.4 is 97.0 Å². The summed E-state index contributed by atoms with van der Waals surface area (Å²) in [5, 5.41) is 99.9. The summed E-state index contributed by atoms with van der Waals surface area (Å²) in [4.78, 5) is 264. The number of nitrogens with zero attached hydrogens (tertiary/aromatic N) is 7. The van der Waals surface area contributed by atoms with Gasteiger partial charge in [-0.1, -0.05) is 95.2 Å². The molecule has 0 spiro atoms. The minimum atomic E-state index is -1.84. The maximum atomic E-state index is 15.7. The molecule has 3 fully saturated rings. The van der Waals surface area contributed by atoms with Crippen LogP contribution in [0.2, 0.25) is 0 Å². The molecule has 3 saturated heterocycles. The Bertz CT molecular complexity index is 4980. The first-order valence-electron chi connectivity index (χ1n) is 52.1. The Morgan fingerprint density at radius 2 is 1.16 bits per heavy atom. The molecule has 4 aromatic rings. The average Bonchev–Trinajstić information content (AvgIpc) is 1.64. The number of carboxylic acids is 3. The third kappa shape index (κ3) is 47.6. The SMILES string of the molecule is CC(=O)N[C@H]1CCCNC(=O)C[C@@H](C(=O)N2CCC[C@H]2C(=O)N2CCC[C@H]2C(=O)N[C@@H](CCCNC(=N)N)C(=O)N[C@@H](CCC(=O)O)C(=O)N[C@@H](CCCCN(CC(=O)O)CC(=O)O)CN[C@@H](CCCCNC(=O)COCCOCCNC(=O)CCCCCCCCCCCCCCCc2nnn[nH]2)C(N)=O)NC(=O)[C@H](Cc2c[nH]c3ccccc23)NC(=O)[C@H](CCCNC(=N)N)NC(=O)C(C)NC(=O)[C@H](Cc2c[nH]cn2)NC1=O. The van der Waals surface area contributed by atoms with Crippen molar-refractivity contribution in [2.45, 2.75) is 317 Å². The lowest BCUT2D eigenvalue weighted by Crippen LogP contribution is -2.61. The number of imidazole rings is 1. The Kier molecular flexibility index (Phi) is 56.1. The summed E-state index contributed by atoms with van der Waals surface area (Å²) in [6.45, 7) is 1.40. The van der Waals surface area contributed by atoms with Crippen molar-refractivity contribution in [1.82, 2.24) is 130 Å². The predicted octanol–water partition coefficient (Wildman–Crippen LogP) is -2.51. The van der Waals surface area contributed by atoms with E-state index in [1.165, 1.54) is 80.6 Å². The first-order chi connectivity index (χ1) is 72.0. The number of H-pyrrole nitrogens is 3. The number of benzene rings is 1. The molecule has 3 aliphatic heterocycles. The van der Waals surface area contributed by atoms with E-state index in [1.807, 2.05) is 0 Å². The highest BCUT2D eigenvalue weighted by molar-refractivity contribution is 6.01. The topological polar surface area (TPSA) is 801 Å². The van der Waals surface area contributed by atoms with Gasteiger partial charge < -0.3 is 142 Å². The zero-order valence-electron chi connectivity index (χ0n) is 85.9.